The quantitative estimate of drug-likeness (QED) is 0.699. The van der Waals surface area contributed by atoms with Crippen molar-refractivity contribution in [1.82, 2.24) is 4.90 Å². The van der Waals surface area contributed by atoms with Gasteiger partial charge in [0, 0.05) is 17.2 Å². The van der Waals surface area contributed by atoms with Crippen LogP contribution in [0.1, 0.15) is 50.3 Å². The van der Waals surface area contributed by atoms with Crippen LogP contribution in [-0.4, -0.2) is 50.1 Å². The van der Waals surface area contributed by atoms with E-state index in [2.05, 4.69) is 5.32 Å². The highest BCUT2D eigenvalue weighted by Crippen LogP contribution is 2.36. The van der Waals surface area contributed by atoms with Crippen LogP contribution >= 0.6 is 0 Å². The van der Waals surface area contributed by atoms with Gasteiger partial charge < -0.3 is 10.1 Å². The number of anilines is 1. The number of carbonyl (C=O) groups is 3. The third-order valence-corrected chi connectivity index (χ3v) is 5.20. The lowest BCUT2D eigenvalue weighted by Crippen LogP contribution is -2.37. The average Bonchev–Trinajstić information content (AvgIpc) is 2.98. The predicted octanol–water partition coefficient (Wildman–Crippen LogP) is 2.34. The number of ether oxygens (including phenoxy) is 1. The van der Waals surface area contributed by atoms with Gasteiger partial charge in [-0.25, -0.2) is 8.42 Å². The van der Waals surface area contributed by atoms with Crippen molar-refractivity contribution in [3.05, 3.63) is 58.7 Å². The Morgan fingerprint density at radius 1 is 1.27 bits per heavy atom. The molecule has 0 aliphatic carbocycles. The summed E-state index contributed by atoms with van der Waals surface area (Å²) in [7, 11) is -3.56. The first-order chi connectivity index (χ1) is 15.6. The van der Waals surface area contributed by atoms with Crippen molar-refractivity contribution < 1.29 is 33.0 Å². The van der Waals surface area contributed by atoms with Gasteiger partial charge in [-0.15, -0.1) is 0 Å². The standard InChI is InChI=1S/C21H22N2O6S/c1-12-10-14(8-9-18(12)29-3)17(11-30(4,27)28)23-20(25)15-6-5-7-16(22-13(2)24)19(15)21(23)26/h5-10,17H,11H2,1-4H3,(H,22,24)/t17-/m1/s1/i4D3,17D. The lowest BCUT2D eigenvalue weighted by Gasteiger charge is -2.26. The summed E-state index contributed by atoms with van der Waals surface area (Å²) < 4.78 is 61.9. The fourth-order valence-electron chi connectivity index (χ4n) is 3.34. The molecule has 0 radical (unpaired) electrons. The molecule has 1 aliphatic heterocycles. The summed E-state index contributed by atoms with van der Waals surface area (Å²) in [5.74, 6) is -3.51. The Morgan fingerprint density at radius 3 is 2.60 bits per heavy atom. The third kappa shape index (κ3) is 4.06. The number of methoxy groups -OCH3 is 1. The van der Waals surface area contributed by atoms with Gasteiger partial charge in [-0.2, -0.15) is 0 Å². The number of hydrogen-bond donors (Lipinski definition) is 1. The van der Waals surface area contributed by atoms with Crippen LogP contribution in [0.3, 0.4) is 0 Å². The van der Waals surface area contributed by atoms with E-state index in [4.69, 9.17) is 10.2 Å². The number of nitrogens with one attached hydrogen (secondary N) is 1. The summed E-state index contributed by atoms with van der Waals surface area (Å²) in [6.45, 7) is 2.81. The van der Waals surface area contributed by atoms with Crippen molar-refractivity contribution >= 4 is 33.2 Å². The van der Waals surface area contributed by atoms with E-state index in [0.29, 0.717) is 16.2 Å². The van der Waals surface area contributed by atoms with Gasteiger partial charge in [0.25, 0.3) is 11.8 Å². The van der Waals surface area contributed by atoms with E-state index < -0.39 is 45.5 Å². The van der Waals surface area contributed by atoms with Crippen LogP contribution in [0.15, 0.2) is 36.4 Å². The van der Waals surface area contributed by atoms with Crippen LogP contribution < -0.4 is 10.1 Å². The van der Waals surface area contributed by atoms with Crippen molar-refractivity contribution in [2.75, 3.05) is 24.4 Å². The molecule has 0 fully saturated rings. The number of sulfone groups is 1. The number of imide groups is 1. The zero-order chi connectivity index (χ0) is 25.6. The molecule has 0 saturated carbocycles. The molecule has 30 heavy (non-hydrogen) atoms. The summed E-state index contributed by atoms with van der Waals surface area (Å²) in [6, 6.07) is 5.56. The van der Waals surface area contributed by atoms with Crippen molar-refractivity contribution in [1.29, 1.82) is 0 Å². The minimum Gasteiger partial charge on any atom is -0.496 e. The van der Waals surface area contributed by atoms with Crippen molar-refractivity contribution in [2.24, 2.45) is 0 Å². The number of hydrogen-bond acceptors (Lipinski definition) is 6. The van der Waals surface area contributed by atoms with Crippen LogP contribution in [-0.2, 0) is 14.6 Å². The third-order valence-electron chi connectivity index (χ3n) is 4.55. The zero-order valence-electron chi connectivity index (χ0n) is 20.5. The molecule has 8 nitrogen and oxygen atoms in total. The maximum absolute atomic E-state index is 13.4. The molecule has 3 amide bonds. The minimum atomic E-state index is -4.97. The summed E-state index contributed by atoms with van der Waals surface area (Å²) in [4.78, 5) is 38.8. The molecule has 0 unspecified atom stereocenters. The summed E-state index contributed by atoms with van der Waals surface area (Å²) in [5, 5.41) is 2.44. The predicted molar refractivity (Wildman–Crippen MR) is 111 cm³/mol. The van der Waals surface area contributed by atoms with Crippen molar-refractivity contribution in [3.63, 3.8) is 0 Å². The molecule has 0 spiro atoms. The summed E-state index contributed by atoms with van der Waals surface area (Å²) in [5.41, 5.74) is 0.0191. The molecule has 2 aromatic rings. The van der Waals surface area contributed by atoms with Gasteiger partial charge >= 0.3 is 0 Å². The number of aryl methyl sites for hydroxylation is 1. The minimum absolute atomic E-state index is 0.0118. The Hall–Kier alpha value is -3.20. The monoisotopic (exact) mass is 434 g/mol. The molecular weight excluding hydrogens is 408 g/mol. The number of carbonyl (C=O) groups excluding carboxylic acids is 3. The van der Waals surface area contributed by atoms with E-state index in [9.17, 15) is 22.8 Å². The maximum atomic E-state index is 13.4. The van der Waals surface area contributed by atoms with Crippen molar-refractivity contribution in [2.45, 2.75) is 19.9 Å². The maximum Gasteiger partial charge on any atom is 0.264 e. The highest BCUT2D eigenvalue weighted by atomic mass is 32.2. The molecule has 0 bridgehead atoms. The lowest BCUT2D eigenvalue weighted by atomic mass is 10.0. The Morgan fingerprint density at radius 2 is 2.00 bits per heavy atom. The molecule has 1 heterocycles. The normalized spacial score (nSPS) is 17.9. The first-order valence-corrected chi connectivity index (χ1v) is 10.5. The molecule has 1 aliphatic rings. The Labute approximate surface area is 180 Å². The highest BCUT2D eigenvalue weighted by Gasteiger charge is 2.43. The number of fused-ring (bicyclic) bond motifs is 1. The van der Waals surface area contributed by atoms with Gasteiger partial charge in [0.1, 0.15) is 15.6 Å². The van der Waals surface area contributed by atoms with Gasteiger partial charge in [0.2, 0.25) is 5.91 Å². The molecule has 0 saturated heterocycles. The first kappa shape index (κ1) is 16.6. The SMILES string of the molecule is [2H]C([2H])([2H])S(=O)(=O)C[C@]([2H])(c1ccc(OC)c(C)c1)N1C(=O)c2cccc(NC(C)=O)c2C1=O. The Balaban J connectivity index is 2.25. The second-order valence-corrected chi connectivity index (χ2v) is 8.26. The van der Waals surface area contributed by atoms with E-state index in [1.807, 2.05) is 0 Å². The Kier molecular flexibility index (Phi) is 4.37. The fourth-order valence-corrected chi connectivity index (χ4v) is 4.00. The Bertz CT molecular complexity index is 1310. The highest BCUT2D eigenvalue weighted by molar-refractivity contribution is 7.90. The molecular formula is C21H22N2O6S. The lowest BCUT2D eigenvalue weighted by molar-refractivity contribution is -0.114. The van der Waals surface area contributed by atoms with Crippen LogP contribution in [0.4, 0.5) is 5.69 Å². The number of amides is 3. The fraction of sp³-hybridized carbons (Fsp3) is 0.286. The number of benzene rings is 2. The smallest absolute Gasteiger partial charge is 0.264 e. The average molecular weight is 435 g/mol. The molecule has 1 N–H and O–H groups in total. The van der Waals surface area contributed by atoms with Crippen LogP contribution in [0.25, 0.3) is 0 Å². The van der Waals surface area contributed by atoms with Gasteiger partial charge in [0.15, 0.2) is 0 Å². The molecule has 0 aromatic heterocycles. The van der Waals surface area contributed by atoms with Crippen LogP contribution in [0.5, 0.6) is 5.75 Å². The van der Waals surface area contributed by atoms with Crippen LogP contribution in [0, 0.1) is 6.92 Å². The molecule has 9 heteroatoms. The summed E-state index contributed by atoms with van der Waals surface area (Å²) >= 11 is 0. The summed E-state index contributed by atoms with van der Waals surface area (Å²) in [6.07, 6.45) is -3.49. The largest absolute Gasteiger partial charge is 0.496 e. The second kappa shape index (κ2) is 7.91. The molecule has 158 valence electrons. The van der Waals surface area contributed by atoms with E-state index in [1.54, 1.807) is 6.92 Å². The zero-order valence-corrected chi connectivity index (χ0v) is 17.3. The topological polar surface area (TPSA) is 110 Å². The number of rotatable bonds is 6. The van der Waals surface area contributed by atoms with Gasteiger partial charge in [-0.1, -0.05) is 18.2 Å². The van der Waals surface area contributed by atoms with E-state index >= 15 is 0 Å². The van der Waals surface area contributed by atoms with Crippen molar-refractivity contribution in [3.8, 4) is 5.75 Å². The molecule has 1 atom stereocenters. The van der Waals surface area contributed by atoms with Gasteiger partial charge in [0.05, 0.1) is 37.1 Å². The number of nitrogens with zero attached hydrogens (tertiary/aromatic N) is 1. The van der Waals surface area contributed by atoms with Crippen LogP contribution in [0.2, 0.25) is 0 Å². The van der Waals surface area contributed by atoms with Gasteiger partial charge in [-0.05, 0) is 36.2 Å². The first-order valence-electron chi connectivity index (χ1n) is 10.8. The van der Waals surface area contributed by atoms with E-state index in [-0.39, 0.29) is 22.4 Å². The molecule has 2 aromatic carbocycles. The van der Waals surface area contributed by atoms with Gasteiger partial charge in [-0.3, -0.25) is 19.3 Å². The van der Waals surface area contributed by atoms with E-state index in [1.165, 1.54) is 50.4 Å². The van der Waals surface area contributed by atoms with E-state index in [0.717, 1.165) is 0 Å². The second-order valence-electron chi connectivity index (χ2n) is 6.75. The molecule has 3 rings (SSSR count).